The molecule has 0 aliphatic carbocycles. The number of nitrogens with zero attached hydrogens (tertiary/aromatic N) is 2. The molecule has 1 aliphatic rings. The summed E-state index contributed by atoms with van der Waals surface area (Å²) in [7, 11) is 0. The zero-order valence-electron chi connectivity index (χ0n) is 16.0. The fraction of sp³-hybridized carbons (Fsp3) is 0.136. The van der Waals surface area contributed by atoms with Crippen molar-refractivity contribution in [1.29, 1.82) is 0 Å². The van der Waals surface area contributed by atoms with Gasteiger partial charge in [0.2, 0.25) is 0 Å². The normalized spacial score (nSPS) is 15.4. The van der Waals surface area contributed by atoms with E-state index in [0.717, 1.165) is 5.56 Å². The second-order valence-electron chi connectivity index (χ2n) is 6.66. The molecule has 0 radical (unpaired) electrons. The van der Waals surface area contributed by atoms with Crippen LogP contribution in [-0.4, -0.2) is 21.4 Å². The van der Waals surface area contributed by atoms with Crippen LogP contribution in [0.2, 0.25) is 5.02 Å². The molecule has 1 atom stereocenters. The van der Waals surface area contributed by atoms with Crippen molar-refractivity contribution in [2.45, 2.75) is 17.4 Å². The van der Waals surface area contributed by atoms with Gasteiger partial charge in [0.15, 0.2) is 10.9 Å². The molecule has 0 bridgehead atoms. The van der Waals surface area contributed by atoms with Gasteiger partial charge in [-0.1, -0.05) is 58.2 Å². The van der Waals surface area contributed by atoms with Gasteiger partial charge >= 0.3 is 0 Å². The number of ether oxygens (including phenoxy) is 1. The average Bonchev–Trinajstić information content (AvgIpc) is 3.24. The summed E-state index contributed by atoms with van der Waals surface area (Å²) in [6, 6.07) is 16.2. The Hall–Kier alpha value is -2.80. The van der Waals surface area contributed by atoms with E-state index < -0.39 is 10.7 Å². The third-order valence-electron chi connectivity index (χ3n) is 4.52. The van der Waals surface area contributed by atoms with Crippen LogP contribution in [0.25, 0.3) is 0 Å². The summed E-state index contributed by atoms with van der Waals surface area (Å²) in [5, 5.41) is 7.40. The van der Waals surface area contributed by atoms with E-state index in [0.29, 0.717) is 39.9 Å². The minimum absolute atomic E-state index is 0.350. The number of hydrogen-bond acceptors (Lipinski definition) is 5. The monoisotopic (exact) mass is 475 g/mol. The van der Waals surface area contributed by atoms with Crippen LogP contribution in [0, 0.1) is 0 Å². The molecule has 2 aromatic carbocycles. The van der Waals surface area contributed by atoms with Crippen molar-refractivity contribution in [1.82, 2.24) is 4.98 Å². The van der Waals surface area contributed by atoms with Gasteiger partial charge in [0.1, 0.15) is 11.5 Å². The van der Waals surface area contributed by atoms with Crippen molar-refractivity contribution >= 4 is 52.1 Å². The lowest BCUT2D eigenvalue weighted by Gasteiger charge is -2.13. The Labute approximate surface area is 193 Å². The first-order chi connectivity index (χ1) is 15.0. The fourth-order valence-electron chi connectivity index (χ4n) is 3.12. The van der Waals surface area contributed by atoms with Gasteiger partial charge in [-0.15, -0.1) is 0 Å². The van der Waals surface area contributed by atoms with Gasteiger partial charge in [0.05, 0.1) is 22.5 Å². The maximum absolute atomic E-state index is 11.7. The second kappa shape index (κ2) is 9.56. The lowest BCUT2D eigenvalue weighted by Crippen LogP contribution is -2.18. The van der Waals surface area contributed by atoms with E-state index in [-0.39, 0.29) is 6.10 Å². The number of carbonyl (C=O) groups is 1. The summed E-state index contributed by atoms with van der Waals surface area (Å²) < 4.78 is 5.97. The molecule has 1 N–H and O–H groups in total. The van der Waals surface area contributed by atoms with Crippen LogP contribution in [0.4, 0.5) is 5.69 Å². The number of oxime groups is 1. The van der Waals surface area contributed by atoms with Gasteiger partial charge in [-0.05, 0) is 42.0 Å². The Morgan fingerprint density at radius 3 is 2.77 bits per heavy atom. The molecule has 3 aromatic rings. The Morgan fingerprint density at radius 2 is 2.00 bits per heavy atom. The number of hydrogen-bond donors (Lipinski definition) is 1. The van der Waals surface area contributed by atoms with E-state index >= 15 is 0 Å². The lowest BCUT2D eigenvalue weighted by atomic mass is 9.99. The highest BCUT2D eigenvalue weighted by molar-refractivity contribution is 6.54. The van der Waals surface area contributed by atoms with E-state index in [1.807, 2.05) is 12.1 Å². The zero-order valence-corrected chi connectivity index (χ0v) is 18.2. The van der Waals surface area contributed by atoms with E-state index in [2.05, 4.69) is 15.5 Å². The molecule has 1 aliphatic heterocycles. The molecule has 9 heteroatoms. The molecule has 6 nitrogen and oxygen atoms in total. The van der Waals surface area contributed by atoms with E-state index in [9.17, 15) is 4.79 Å². The average molecular weight is 477 g/mol. The third-order valence-corrected chi connectivity index (χ3v) is 5.23. The standard InChI is InChI=1S/C22H16Cl3N3O3/c23-16-7-2-8-18(30-15-6-3-9-26-12-15)20(16)17-11-19(31-28-17)13-4-1-5-14(10-13)27-22(29)21(24)25/h1-10,12,19,21H,11H2,(H,27,29). The fourth-order valence-corrected chi connectivity index (χ4v) is 3.51. The first-order valence-corrected chi connectivity index (χ1v) is 10.5. The van der Waals surface area contributed by atoms with Crippen molar-refractivity contribution < 1.29 is 14.4 Å². The molecule has 0 saturated heterocycles. The predicted molar refractivity (Wildman–Crippen MR) is 121 cm³/mol. The molecule has 4 rings (SSSR count). The summed E-state index contributed by atoms with van der Waals surface area (Å²) in [5.41, 5.74) is 2.71. The second-order valence-corrected chi connectivity index (χ2v) is 8.16. The quantitative estimate of drug-likeness (QED) is 0.434. The SMILES string of the molecule is O=C(Nc1cccc(C2CC(c3c(Cl)cccc3Oc3cccnc3)=NO2)c1)C(Cl)Cl. The summed E-state index contributed by atoms with van der Waals surface area (Å²) in [6.45, 7) is 0. The molecule has 1 amide bonds. The molecular weight excluding hydrogens is 461 g/mol. The maximum atomic E-state index is 11.7. The number of anilines is 1. The molecule has 0 fully saturated rings. The molecule has 158 valence electrons. The number of carbonyl (C=O) groups excluding carboxylic acids is 1. The Balaban J connectivity index is 1.54. The first-order valence-electron chi connectivity index (χ1n) is 9.29. The van der Waals surface area contributed by atoms with Gasteiger partial charge in [-0.2, -0.15) is 0 Å². The number of alkyl halides is 2. The van der Waals surface area contributed by atoms with Gasteiger partial charge in [0, 0.05) is 18.3 Å². The predicted octanol–water partition coefficient (Wildman–Crippen LogP) is 6.14. The molecule has 31 heavy (non-hydrogen) atoms. The third kappa shape index (κ3) is 5.10. The summed E-state index contributed by atoms with van der Waals surface area (Å²) in [4.78, 5) is 20.3. The van der Waals surface area contributed by atoms with E-state index in [4.69, 9.17) is 44.4 Å². The Morgan fingerprint density at radius 1 is 1.16 bits per heavy atom. The number of halogens is 3. The van der Waals surface area contributed by atoms with Crippen LogP contribution in [0.3, 0.4) is 0 Å². The highest BCUT2D eigenvalue weighted by Crippen LogP contribution is 2.37. The summed E-state index contributed by atoms with van der Waals surface area (Å²) >= 11 is 17.7. The largest absolute Gasteiger partial charge is 0.455 e. The summed E-state index contributed by atoms with van der Waals surface area (Å²) in [5.74, 6) is 0.639. The van der Waals surface area contributed by atoms with Crippen LogP contribution in [0.15, 0.2) is 72.1 Å². The number of nitrogens with one attached hydrogen (secondary N) is 1. The molecule has 1 aromatic heterocycles. The van der Waals surface area contributed by atoms with Crippen LogP contribution >= 0.6 is 34.8 Å². The Kier molecular flexibility index (Phi) is 6.61. The maximum Gasteiger partial charge on any atom is 0.257 e. The van der Waals surface area contributed by atoms with Crippen molar-refractivity contribution in [3.8, 4) is 11.5 Å². The topological polar surface area (TPSA) is 72.8 Å². The molecular formula is C22H16Cl3N3O3. The van der Waals surface area contributed by atoms with Crippen molar-refractivity contribution in [3.63, 3.8) is 0 Å². The van der Waals surface area contributed by atoms with Crippen molar-refractivity contribution in [2.75, 3.05) is 5.32 Å². The van der Waals surface area contributed by atoms with Gasteiger partial charge in [-0.3, -0.25) is 9.78 Å². The smallest absolute Gasteiger partial charge is 0.257 e. The molecule has 1 unspecified atom stereocenters. The highest BCUT2D eigenvalue weighted by Gasteiger charge is 2.28. The molecule has 2 heterocycles. The number of amides is 1. The number of rotatable bonds is 6. The molecule has 0 saturated carbocycles. The number of benzene rings is 2. The number of pyridine rings is 1. The van der Waals surface area contributed by atoms with Crippen molar-refractivity contribution in [2.24, 2.45) is 5.16 Å². The van der Waals surface area contributed by atoms with Gasteiger partial charge in [0.25, 0.3) is 5.91 Å². The lowest BCUT2D eigenvalue weighted by molar-refractivity contribution is -0.114. The first kappa shape index (κ1) is 21.4. The minimum atomic E-state index is -1.15. The molecule has 0 spiro atoms. The van der Waals surface area contributed by atoms with Crippen molar-refractivity contribution in [3.05, 3.63) is 83.1 Å². The van der Waals surface area contributed by atoms with E-state index in [1.54, 1.807) is 54.9 Å². The minimum Gasteiger partial charge on any atom is -0.455 e. The summed E-state index contributed by atoms with van der Waals surface area (Å²) in [6.07, 6.45) is 3.41. The highest BCUT2D eigenvalue weighted by atomic mass is 35.5. The van der Waals surface area contributed by atoms with Gasteiger partial charge in [-0.25, -0.2) is 0 Å². The van der Waals surface area contributed by atoms with Crippen LogP contribution in [0.1, 0.15) is 23.7 Å². The van der Waals surface area contributed by atoms with Crippen LogP contribution in [-0.2, 0) is 9.63 Å². The van der Waals surface area contributed by atoms with Crippen LogP contribution in [0.5, 0.6) is 11.5 Å². The zero-order chi connectivity index (χ0) is 21.8. The van der Waals surface area contributed by atoms with Gasteiger partial charge < -0.3 is 14.9 Å². The van der Waals surface area contributed by atoms with Crippen LogP contribution < -0.4 is 10.1 Å². The number of aromatic nitrogens is 1. The van der Waals surface area contributed by atoms with E-state index in [1.165, 1.54) is 0 Å². The Bertz CT molecular complexity index is 1120.